The third-order valence-electron chi connectivity index (χ3n) is 2.78. The van der Waals surface area contributed by atoms with Crippen molar-refractivity contribution in [3.05, 3.63) is 24.0 Å². The van der Waals surface area contributed by atoms with Gasteiger partial charge in [-0.05, 0) is 46.1 Å². The van der Waals surface area contributed by atoms with Gasteiger partial charge in [-0.25, -0.2) is 0 Å². The minimum atomic E-state index is 0.00287. The molecule has 0 spiro atoms. The van der Waals surface area contributed by atoms with E-state index in [1.807, 2.05) is 19.2 Å². The van der Waals surface area contributed by atoms with Gasteiger partial charge >= 0.3 is 0 Å². The fourth-order valence-corrected chi connectivity index (χ4v) is 1.65. The number of nitrogens with two attached hydrogens (primary N) is 1. The van der Waals surface area contributed by atoms with E-state index >= 15 is 0 Å². The first kappa shape index (κ1) is 13.9. The number of nitrogens with zero attached hydrogens (tertiary/aromatic N) is 3. The third-order valence-corrected chi connectivity index (χ3v) is 2.78. The smallest absolute Gasteiger partial charge is 0.0569 e. The Balaban J connectivity index is 2.48. The molecule has 1 aromatic rings. The second kappa shape index (κ2) is 6.57. The highest BCUT2D eigenvalue weighted by Gasteiger charge is 2.04. The number of anilines is 1. The molecule has 0 saturated heterocycles. The van der Waals surface area contributed by atoms with Gasteiger partial charge in [0, 0.05) is 19.6 Å². The molecular weight excluding hydrogens is 212 g/mol. The van der Waals surface area contributed by atoms with Crippen LogP contribution in [-0.2, 0) is 0 Å². The molecule has 4 heteroatoms. The first-order chi connectivity index (χ1) is 8.00. The second-order valence-corrected chi connectivity index (χ2v) is 4.81. The van der Waals surface area contributed by atoms with Crippen molar-refractivity contribution in [3.63, 3.8) is 0 Å². The summed E-state index contributed by atoms with van der Waals surface area (Å²) in [7, 11) is 6.29. The molecule has 0 bridgehead atoms. The normalized spacial score (nSPS) is 12.8. The van der Waals surface area contributed by atoms with E-state index in [1.165, 1.54) is 0 Å². The van der Waals surface area contributed by atoms with Crippen LogP contribution in [-0.4, -0.2) is 44.1 Å². The van der Waals surface area contributed by atoms with Crippen LogP contribution >= 0.6 is 0 Å². The lowest BCUT2D eigenvalue weighted by Gasteiger charge is -2.20. The molecule has 0 radical (unpaired) electrons. The first-order valence-corrected chi connectivity index (χ1v) is 6.08. The van der Waals surface area contributed by atoms with Gasteiger partial charge in [-0.3, -0.25) is 4.98 Å². The van der Waals surface area contributed by atoms with Crippen molar-refractivity contribution in [1.82, 2.24) is 9.88 Å². The zero-order chi connectivity index (χ0) is 12.8. The second-order valence-electron chi connectivity index (χ2n) is 4.81. The predicted octanol–water partition coefficient (Wildman–Crippen LogP) is 1.49. The molecule has 0 amide bonds. The van der Waals surface area contributed by atoms with E-state index in [4.69, 9.17) is 5.73 Å². The Kier molecular flexibility index (Phi) is 5.38. The van der Waals surface area contributed by atoms with E-state index in [9.17, 15) is 0 Å². The summed E-state index contributed by atoms with van der Waals surface area (Å²) in [6.07, 6.45) is 3.05. The lowest BCUT2D eigenvalue weighted by molar-refractivity contribution is 0.401. The van der Waals surface area contributed by atoms with Crippen molar-refractivity contribution >= 4 is 5.69 Å². The molecule has 17 heavy (non-hydrogen) atoms. The highest BCUT2D eigenvalue weighted by molar-refractivity contribution is 5.43. The fraction of sp³-hybridized carbons (Fsp3) is 0.615. The van der Waals surface area contributed by atoms with Crippen LogP contribution in [0.1, 0.15) is 25.1 Å². The Labute approximate surface area is 104 Å². The minimum absolute atomic E-state index is 0.00287. The first-order valence-electron chi connectivity index (χ1n) is 6.08. The van der Waals surface area contributed by atoms with Crippen molar-refractivity contribution < 1.29 is 0 Å². The van der Waals surface area contributed by atoms with Crippen LogP contribution in [0.2, 0.25) is 0 Å². The number of hydrogen-bond acceptors (Lipinski definition) is 4. The highest BCUT2D eigenvalue weighted by Crippen LogP contribution is 2.14. The average molecular weight is 236 g/mol. The summed E-state index contributed by atoms with van der Waals surface area (Å²) in [6, 6.07) is 4.09. The van der Waals surface area contributed by atoms with Crippen molar-refractivity contribution in [2.75, 3.05) is 39.1 Å². The molecule has 1 unspecified atom stereocenters. The Hall–Kier alpha value is -1.13. The molecule has 0 saturated carbocycles. The Morgan fingerprint density at radius 3 is 2.41 bits per heavy atom. The molecule has 4 nitrogen and oxygen atoms in total. The van der Waals surface area contributed by atoms with E-state index in [0.717, 1.165) is 30.9 Å². The van der Waals surface area contributed by atoms with Gasteiger partial charge in [-0.1, -0.05) is 0 Å². The zero-order valence-electron chi connectivity index (χ0n) is 11.3. The standard InChI is InChI=1S/C13H24N4/c1-11(14)13-7-6-12(10-15-13)17(4)9-5-8-16(2)3/h6-7,10-11H,5,8-9,14H2,1-4H3. The number of aromatic nitrogens is 1. The van der Waals surface area contributed by atoms with E-state index < -0.39 is 0 Å². The molecule has 96 valence electrons. The maximum atomic E-state index is 5.77. The minimum Gasteiger partial charge on any atom is -0.373 e. The van der Waals surface area contributed by atoms with E-state index in [2.05, 4.69) is 42.0 Å². The summed E-state index contributed by atoms with van der Waals surface area (Å²) in [6.45, 7) is 4.09. The van der Waals surface area contributed by atoms with Crippen LogP contribution in [0.5, 0.6) is 0 Å². The maximum Gasteiger partial charge on any atom is 0.0569 e. The van der Waals surface area contributed by atoms with Gasteiger partial charge in [-0.15, -0.1) is 0 Å². The lowest BCUT2D eigenvalue weighted by atomic mass is 10.2. The maximum absolute atomic E-state index is 5.77. The van der Waals surface area contributed by atoms with E-state index in [-0.39, 0.29) is 6.04 Å². The van der Waals surface area contributed by atoms with Crippen LogP contribution in [0, 0.1) is 0 Å². The van der Waals surface area contributed by atoms with Gasteiger partial charge in [0.25, 0.3) is 0 Å². The summed E-state index contributed by atoms with van der Waals surface area (Å²) in [5, 5.41) is 0. The van der Waals surface area contributed by atoms with Crippen LogP contribution in [0.4, 0.5) is 5.69 Å². The number of pyridine rings is 1. The molecule has 0 fully saturated rings. The molecule has 0 aromatic carbocycles. The molecule has 0 aliphatic rings. The third kappa shape index (κ3) is 4.71. The molecule has 2 N–H and O–H groups in total. The Morgan fingerprint density at radius 2 is 1.94 bits per heavy atom. The van der Waals surface area contributed by atoms with Gasteiger partial charge in [0.05, 0.1) is 17.6 Å². The monoisotopic (exact) mass is 236 g/mol. The van der Waals surface area contributed by atoms with Gasteiger partial charge < -0.3 is 15.5 Å². The topological polar surface area (TPSA) is 45.4 Å². The molecule has 0 aliphatic carbocycles. The number of hydrogen-bond donors (Lipinski definition) is 1. The van der Waals surface area contributed by atoms with Crippen LogP contribution in [0.3, 0.4) is 0 Å². The zero-order valence-corrected chi connectivity index (χ0v) is 11.3. The molecular formula is C13H24N4. The Morgan fingerprint density at radius 1 is 1.24 bits per heavy atom. The summed E-state index contributed by atoms with van der Waals surface area (Å²) >= 11 is 0. The van der Waals surface area contributed by atoms with Gasteiger partial charge in [0.15, 0.2) is 0 Å². The largest absolute Gasteiger partial charge is 0.373 e. The predicted molar refractivity (Wildman–Crippen MR) is 73.3 cm³/mol. The summed E-state index contributed by atoms with van der Waals surface area (Å²) in [4.78, 5) is 8.79. The average Bonchev–Trinajstić information content (AvgIpc) is 2.28. The Bertz CT molecular complexity index is 319. The fourth-order valence-electron chi connectivity index (χ4n) is 1.65. The van der Waals surface area contributed by atoms with E-state index in [1.54, 1.807) is 0 Å². The quantitative estimate of drug-likeness (QED) is 0.813. The van der Waals surface area contributed by atoms with Gasteiger partial charge in [0.2, 0.25) is 0 Å². The molecule has 1 rings (SSSR count). The molecule has 1 heterocycles. The van der Waals surface area contributed by atoms with Gasteiger partial charge in [0.1, 0.15) is 0 Å². The van der Waals surface area contributed by atoms with Gasteiger partial charge in [-0.2, -0.15) is 0 Å². The van der Waals surface area contributed by atoms with Crippen LogP contribution < -0.4 is 10.6 Å². The molecule has 1 aromatic heterocycles. The van der Waals surface area contributed by atoms with Crippen molar-refractivity contribution in [2.24, 2.45) is 5.73 Å². The number of rotatable bonds is 6. The van der Waals surface area contributed by atoms with Crippen molar-refractivity contribution in [3.8, 4) is 0 Å². The molecule has 0 aliphatic heterocycles. The summed E-state index contributed by atoms with van der Waals surface area (Å²) in [5.74, 6) is 0. The summed E-state index contributed by atoms with van der Waals surface area (Å²) in [5.41, 5.74) is 7.86. The summed E-state index contributed by atoms with van der Waals surface area (Å²) < 4.78 is 0. The SMILES string of the molecule is CC(N)c1ccc(N(C)CCCN(C)C)cn1. The van der Waals surface area contributed by atoms with Crippen molar-refractivity contribution in [2.45, 2.75) is 19.4 Å². The lowest BCUT2D eigenvalue weighted by Crippen LogP contribution is -2.23. The molecule has 1 atom stereocenters. The van der Waals surface area contributed by atoms with E-state index in [0.29, 0.717) is 0 Å². The van der Waals surface area contributed by atoms with Crippen molar-refractivity contribution in [1.29, 1.82) is 0 Å². The highest BCUT2D eigenvalue weighted by atomic mass is 15.1. The van der Waals surface area contributed by atoms with Crippen LogP contribution in [0.15, 0.2) is 18.3 Å². The van der Waals surface area contributed by atoms with Crippen LogP contribution in [0.25, 0.3) is 0 Å².